The Balaban J connectivity index is 1.77. The molecule has 0 amide bonds. The van der Waals surface area contributed by atoms with E-state index in [1.807, 2.05) is 72.8 Å². The zero-order valence-corrected chi connectivity index (χ0v) is 13.0. The predicted octanol–water partition coefficient (Wildman–Crippen LogP) is 4.52. The fourth-order valence-corrected chi connectivity index (χ4v) is 2.42. The average molecular weight is 305 g/mol. The summed E-state index contributed by atoms with van der Waals surface area (Å²) in [5, 5.41) is 0. The van der Waals surface area contributed by atoms with Crippen molar-refractivity contribution in [1.29, 1.82) is 0 Å². The molecule has 0 aliphatic carbocycles. The Morgan fingerprint density at radius 2 is 1.65 bits per heavy atom. The molecule has 2 N–H and O–H groups in total. The van der Waals surface area contributed by atoms with Crippen molar-refractivity contribution in [3.63, 3.8) is 0 Å². The van der Waals surface area contributed by atoms with E-state index >= 15 is 0 Å². The van der Waals surface area contributed by atoms with Crippen molar-refractivity contribution >= 4 is 5.69 Å². The number of nitrogens with two attached hydrogens (primary N) is 1. The van der Waals surface area contributed by atoms with Gasteiger partial charge in [0.2, 0.25) is 0 Å². The summed E-state index contributed by atoms with van der Waals surface area (Å²) < 4.78 is 11.1. The van der Waals surface area contributed by atoms with E-state index in [4.69, 9.17) is 15.2 Å². The van der Waals surface area contributed by atoms with Gasteiger partial charge in [0.05, 0.1) is 7.11 Å². The minimum absolute atomic E-state index is 0.527. The number of nitrogen functional groups attached to an aromatic ring is 1. The van der Waals surface area contributed by atoms with Gasteiger partial charge in [-0.1, -0.05) is 42.5 Å². The van der Waals surface area contributed by atoms with Gasteiger partial charge in [-0.3, -0.25) is 0 Å². The van der Waals surface area contributed by atoms with Gasteiger partial charge < -0.3 is 15.2 Å². The van der Waals surface area contributed by atoms with Crippen LogP contribution in [0.3, 0.4) is 0 Å². The lowest BCUT2D eigenvalue weighted by atomic mass is 10.0. The zero-order valence-electron chi connectivity index (χ0n) is 13.0. The quantitative estimate of drug-likeness (QED) is 0.705. The number of rotatable bonds is 5. The molecule has 0 aromatic heterocycles. The summed E-state index contributed by atoms with van der Waals surface area (Å²) in [5.74, 6) is 1.57. The summed E-state index contributed by atoms with van der Waals surface area (Å²) in [6.45, 7) is 0.527. The van der Waals surface area contributed by atoms with Crippen LogP contribution in [0.5, 0.6) is 11.5 Å². The normalized spacial score (nSPS) is 10.3. The first-order valence-electron chi connectivity index (χ1n) is 7.47. The number of methoxy groups -OCH3 is 1. The first-order valence-corrected chi connectivity index (χ1v) is 7.47. The fourth-order valence-electron chi connectivity index (χ4n) is 2.42. The topological polar surface area (TPSA) is 44.5 Å². The highest BCUT2D eigenvalue weighted by Gasteiger charge is 2.06. The second-order valence-electron chi connectivity index (χ2n) is 5.26. The van der Waals surface area contributed by atoms with E-state index in [0.29, 0.717) is 12.3 Å². The van der Waals surface area contributed by atoms with Crippen LogP contribution < -0.4 is 15.2 Å². The molecule has 0 aliphatic rings. The Kier molecular flexibility index (Phi) is 4.48. The van der Waals surface area contributed by atoms with Gasteiger partial charge in [0, 0.05) is 17.3 Å². The fraction of sp³-hybridized carbons (Fsp3) is 0.100. The van der Waals surface area contributed by atoms with Gasteiger partial charge in [-0.15, -0.1) is 0 Å². The van der Waals surface area contributed by atoms with Gasteiger partial charge in [0.25, 0.3) is 0 Å². The van der Waals surface area contributed by atoms with Gasteiger partial charge in [-0.05, 0) is 35.4 Å². The smallest absolute Gasteiger partial charge is 0.121 e. The van der Waals surface area contributed by atoms with Crippen LogP contribution in [0.4, 0.5) is 5.69 Å². The SMILES string of the molecule is COc1cccc(-c2ccc(OCc3ccccc3)cc2N)c1. The Hall–Kier alpha value is -2.94. The highest BCUT2D eigenvalue weighted by molar-refractivity contribution is 5.78. The maximum atomic E-state index is 6.19. The van der Waals surface area contributed by atoms with Crippen LogP contribution in [-0.2, 0) is 6.61 Å². The van der Waals surface area contributed by atoms with E-state index in [1.54, 1.807) is 7.11 Å². The van der Waals surface area contributed by atoms with Gasteiger partial charge >= 0.3 is 0 Å². The summed E-state index contributed by atoms with van der Waals surface area (Å²) in [4.78, 5) is 0. The lowest BCUT2D eigenvalue weighted by molar-refractivity contribution is 0.306. The summed E-state index contributed by atoms with van der Waals surface area (Å²) in [5.41, 5.74) is 10.00. The summed E-state index contributed by atoms with van der Waals surface area (Å²) in [7, 11) is 1.66. The summed E-state index contributed by atoms with van der Waals surface area (Å²) in [6, 6.07) is 23.7. The average Bonchev–Trinajstić information content (AvgIpc) is 2.61. The molecule has 0 saturated carbocycles. The van der Waals surface area contributed by atoms with Crippen molar-refractivity contribution in [3.8, 4) is 22.6 Å². The molecule has 0 aliphatic heterocycles. The van der Waals surface area contributed by atoms with E-state index < -0.39 is 0 Å². The number of hydrogen-bond donors (Lipinski definition) is 1. The number of ether oxygens (including phenoxy) is 2. The van der Waals surface area contributed by atoms with Crippen LogP contribution in [-0.4, -0.2) is 7.11 Å². The molecule has 3 rings (SSSR count). The Morgan fingerprint density at radius 1 is 0.826 bits per heavy atom. The van der Waals surface area contributed by atoms with Crippen LogP contribution in [0.1, 0.15) is 5.56 Å². The van der Waals surface area contributed by atoms with E-state index in [1.165, 1.54) is 0 Å². The Labute approximate surface area is 136 Å². The number of hydrogen-bond acceptors (Lipinski definition) is 3. The van der Waals surface area contributed by atoms with Crippen molar-refractivity contribution in [2.75, 3.05) is 12.8 Å². The highest BCUT2D eigenvalue weighted by Crippen LogP contribution is 2.31. The maximum absolute atomic E-state index is 6.19. The molecule has 3 aromatic rings. The van der Waals surface area contributed by atoms with Crippen molar-refractivity contribution in [2.45, 2.75) is 6.61 Å². The molecule has 0 saturated heterocycles. The maximum Gasteiger partial charge on any atom is 0.121 e. The molecule has 23 heavy (non-hydrogen) atoms. The lowest BCUT2D eigenvalue weighted by Crippen LogP contribution is -1.97. The third kappa shape index (κ3) is 3.64. The van der Waals surface area contributed by atoms with Crippen molar-refractivity contribution < 1.29 is 9.47 Å². The monoisotopic (exact) mass is 305 g/mol. The second kappa shape index (κ2) is 6.88. The lowest BCUT2D eigenvalue weighted by Gasteiger charge is -2.11. The van der Waals surface area contributed by atoms with Crippen molar-refractivity contribution in [1.82, 2.24) is 0 Å². The molecule has 0 atom stereocenters. The van der Waals surface area contributed by atoms with Crippen LogP contribution in [0.15, 0.2) is 72.8 Å². The molecule has 0 unspecified atom stereocenters. The largest absolute Gasteiger partial charge is 0.497 e. The standard InChI is InChI=1S/C20H19NO2/c1-22-17-9-5-8-16(12-17)19-11-10-18(13-20(19)21)23-14-15-6-3-2-4-7-15/h2-13H,14,21H2,1H3. The predicted molar refractivity (Wildman–Crippen MR) is 93.6 cm³/mol. The van der Waals surface area contributed by atoms with Crippen LogP contribution in [0, 0.1) is 0 Å². The minimum Gasteiger partial charge on any atom is -0.497 e. The minimum atomic E-state index is 0.527. The van der Waals surface area contributed by atoms with E-state index in [2.05, 4.69) is 0 Å². The highest BCUT2D eigenvalue weighted by atomic mass is 16.5. The Morgan fingerprint density at radius 3 is 2.39 bits per heavy atom. The van der Waals surface area contributed by atoms with Crippen LogP contribution in [0.25, 0.3) is 11.1 Å². The molecule has 0 bridgehead atoms. The summed E-state index contributed by atoms with van der Waals surface area (Å²) >= 11 is 0. The molecule has 3 aromatic carbocycles. The second-order valence-corrected chi connectivity index (χ2v) is 5.26. The molecular formula is C20H19NO2. The summed E-state index contributed by atoms with van der Waals surface area (Å²) in [6.07, 6.45) is 0. The Bertz CT molecular complexity index is 785. The van der Waals surface area contributed by atoms with Crippen molar-refractivity contribution in [3.05, 3.63) is 78.4 Å². The number of benzene rings is 3. The van der Waals surface area contributed by atoms with E-state index in [9.17, 15) is 0 Å². The molecule has 116 valence electrons. The molecule has 0 radical (unpaired) electrons. The van der Waals surface area contributed by atoms with E-state index in [-0.39, 0.29) is 0 Å². The van der Waals surface area contributed by atoms with Gasteiger partial charge in [-0.25, -0.2) is 0 Å². The molecule has 3 nitrogen and oxygen atoms in total. The molecule has 3 heteroatoms. The zero-order chi connectivity index (χ0) is 16.1. The third-order valence-corrected chi connectivity index (χ3v) is 3.65. The number of anilines is 1. The third-order valence-electron chi connectivity index (χ3n) is 3.65. The van der Waals surface area contributed by atoms with Crippen LogP contribution >= 0.6 is 0 Å². The van der Waals surface area contributed by atoms with Gasteiger partial charge in [0.1, 0.15) is 18.1 Å². The van der Waals surface area contributed by atoms with E-state index in [0.717, 1.165) is 28.2 Å². The first kappa shape index (κ1) is 15.0. The van der Waals surface area contributed by atoms with Crippen LogP contribution in [0.2, 0.25) is 0 Å². The molecule has 0 heterocycles. The molecular weight excluding hydrogens is 286 g/mol. The molecule has 0 spiro atoms. The first-order chi connectivity index (χ1) is 11.3. The molecule has 0 fully saturated rings. The van der Waals surface area contributed by atoms with Gasteiger partial charge in [-0.2, -0.15) is 0 Å². The van der Waals surface area contributed by atoms with Crippen molar-refractivity contribution in [2.24, 2.45) is 0 Å². The van der Waals surface area contributed by atoms with Gasteiger partial charge in [0.15, 0.2) is 0 Å².